The van der Waals surface area contributed by atoms with E-state index in [0.717, 1.165) is 13.0 Å². The number of nitrogens with zero attached hydrogens (tertiary/aromatic N) is 3. The van der Waals surface area contributed by atoms with Crippen molar-refractivity contribution in [1.82, 2.24) is 14.9 Å². The summed E-state index contributed by atoms with van der Waals surface area (Å²) in [6, 6.07) is 1.91. The van der Waals surface area contributed by atoms with E-state index in [1.807, 2.05) is 0 Å². The lowest BCUT2D eigenvalue weighted by molar-refractivity contribution is 0.107. The van der Waals surface area contributed by atoms with Gasteiger partial charge in [0.1, 0.15) is 6.61 Å². The molecule has 0 amide bonds. The van der Waals surface area contributed by atoms with Gasteiger partial charge in [0.05, 0.1) is 0 Å². The van der Waals surface area contributed by atoms with Gasteiger partial charge in [0.15, 0.2) is 5.82 Å². The van der Waals surface area contributed by atoms with Gasteiger partial charge in [-0.15, -0.1) is 0 Å². The third-order valence-corrected chi connectivity index (χ3v) is 4.96. The topological polar surface area (TPSA) is 38.2 Å². The zero-order chi connectivity index (χ0) is 14.9. The molecule has 1 aromatic heterocycles. The molecule has 0 N–H and O–H groups in total. The summed E-state index contributed by atoms with van der Waals surface area (Å²) in [5, 5.41) is 0. The number of halogens is 2. The van der Waals surface area contributed by atoms with Gasteiger partial charge in [-0.3, -0.25) is 4.90 Å². The van der Waals surface area contributed by atoms with Crippen LogP contribution in [-0.4, -0.2) is 39.6 Å². The van der Waals surface area contributed by atoms with Gasteiger partial charge in [-0.05, 0) is 38.6 Å². The summed E-state index contributed by atoms with van der Waals surface area (Å²) >= 11 is 0. The summed E-state index contributed by atoms with van der Waals surface area (Å²) in [6.45, 7) is 3.89. The van der Waals surface area contributed by atoms with Gasteiger partial charge in [-0.2, -0.15) is 4.98 Å². The maximum atomic E-state index is 12.6. The average Bonchev–Trinajstić information content (AvgIpc) is 3.05. The van der Waals surface area contributed by atoms with Crippen LogP contribution in [-0.2, 0) is 0 Å². The molecule has 2 aliphatic heterocycles. The van der Waals surface area contributed by atoms with E-state index in [1.54, 1.807) is 0 Å². The molecule has 1 aromatic rings. The molecule has 0 aromatic carbocycles. The molecule has 0 bridgehead atoms. The Kier molecular flexibility index (Phi) is 4.06. The minimum absolute atomic E-state index is 0.244. The van der Waals surface area contributed by atoms with Gasteiger partial charge in [-0.25, -0.2) is 13.8 Å². The Morgan fingerprint density at radius 1 is 1.48 bits per heavy atom. The lowest BCUT2D eigenvalue weighted by Gasteiger charge is -2.34. The molecular formula is C15H21F2N3O. The first-order chi connectivity index (χ1) is 10.1. The number of fused-ring (bicyclic) bond motifs is 1. The minimum atomic E-state index is -2.66. The van der Waals surface area contributed by atoms with E-state index in [1.165, 1.54) is 37.9 Å². The zero-order valence-electron chi connectivity index (χ0n) is 12.3. The summed E-state index contributed by atoms with van der Waals surface area (Å²) < 4.78 is 30.8. The molecule has 0 spiro atoms. The molecule has 4 nitrogen and oxygen atoms in total. The molecule has 0 radical (unpaired) electrons. The van der Waals surface area contributed by atoms with E-state index in [9.17, 15) is 8.78 Å². The van der Waals surface area contributed by atoms with Crippen LogP contribution >= 0.6 is 0 Å². The van der Waals surface area contributed by atoms with E-state index >= 15 is 0 Å². The number of hydrogen-bond donors (Lipinski definition) is 0. The highest BCUT2D eigenvalue weighted by Gasteiger charge is 2.47. The summed E-state index contributed by atoms with van der Waals surface area (Å²) in [7, 11) is 0. The first kappa shape index (κ1) is 14.6. The largest absolute Gasteiger partial charge is 0.476 e. The molecule has 0 saturated carbocycles. The van der Waals surface area contributed by atoms with E-state index in [2.05, 4.69) is 21.8 Å². The van der Waals surface area contributed by atoms with Crippen LogP contribution in [0.1, 0.15) is 51.3 Å². The lowest BCUT2D eigenvalue weighted by atomic mass is 9.91. The fourth-order valence-electron chi connectivity index (χ4n) is 3.84. The van der Waals surface area contributed by atoms with Crippen LogP contribution in [0.3, 0.4) is 0 Å². The second-order valence-corrected chi connectivity index (χ2v) is 5.93. The number of hydrogen-bond acceptors (Lipinski definition) is 4. The van der Waals surface area contributed by atoms with Gasteiger partial charge in [0.25, 0.3) is 6.43 Å². The fraction of sp³-hybridized carbons (Fsp3) is 0.733. The fourth-order valence-corrected chi connectivity index (χ4v) is 3.84. The summed E-state index contributed by atoms with van der Waals surface area (Å²) in [5.74, 6) is -0.225. The minimum Gasteiger partial charge on any atom is -0.476 e. The van der Waals surface area contributed by atoms with Crippen LogP contribution in [0.5, 0.6) is 5.88 Å². The van der Waals surface area contributed by atoms with Crippen molar-refractivity contribution in [3.05, 3.63) is 18.1 Å². The highest BCUT2D eigenvalue weighted by Crippen LogP contribution is 2.44. The Labute approximate surface area is 123 Å². The van der Waals surface area contributed by atoms with Crippen molar-refractivity contribution in [2.75, 3.05) is 13.2 Å². The number of rotatable bonds is 5. The maximum Gasteiger partial charge on any atom is 0.297 e. The Balaban J connectivity index is 1.62. The monoisotopic (exact) mass is 297 g/mol. The van der Waals surface area contributed by atoms with Gasteiger partial charge in [0, 0.05) is 23.8 Å². The standard InChI is InChI=1S/C15H21F2N3O/c1-2-15-6-3-9-20(15)11(4-7-15)10-21-12-5-8-18-14(19-12)13(16)17/h5,8,11,13H,2-4,6-7,9-10H2,1H3/t11-,15-/m0/s1. The van der Waals surface area contributed by atoms with Crippen molar-refractivity contribution in [1.29, 1.82) is 0 Å². The predicted octanol–water partition coefficient (Wildman–Crippen LogP) is 3.20. The molecule has 6 heteroatoms. The molecule has 2 fully saturated rings. The molecule has 3 heterocycles. The van der Waals surface area contributed by atoms with Crippen LogP contribution in [0.15, 0.2) is 12.3 Å². The van der Waals surface area contributed by atoms with E-state index in [4.69, 9.17) is 4.74 Å². The maximum absolute atomic E-state index is 12.6. The molecule has 2 aliphatic rings. The third-order valence-electron chi connectivity index (χ3n) is 4.96. The lowest BCUT2D eigenvalue weighted by Crippen LogP contribution is -2.43. The average molecular weight is 297 g/mol. The van der Waals surface area contributed by atoms with E-state index < -0.39 is 12.2 Å². The quantitative estimate of drug-likeness (QED) is 0.836. The Hall–Kier alpha value is -1.30. The van der Waals surface area contributed by atoms with Crippen molar-refractivity contribution in [3.63, 3.8) is 0 Å². The molecule has 0 aliphatic carbocycles. The van der Waals surface area contributed by atoms with Crippen molar-refractivity contribution in [3.8, 4) is 5.88 Å². The van der Waals surface area contributed by atoms with Crippen molar-refractivity contribution < 1.29 is 13.5 Å². The van der Waals surface area contributed by atoms with Crippen LogP contribution in [0.25, 0.3) is 0 Å². The Morgan fingerprint density at radius 2 is 2.33 bits per heavy atom. The van der Waals surface area contributed by atoms with E-state index in [0.29, 0.717) is 18.2 Å². The van der Waals surface area contributed by atoms with Crippen LogP contribution in [0.4, 0.5) is 8.78 Å². The third kappa shape index (κ3) is 2.73. The molecular weight excluding hydrogens is 276 g/mol. The molecule has 3 rings (SSSR count). The summed E-state index contributed by atoms with van der Waals surface area (Å²) in [6.07, 6.45) is 4.67. The second kappa shape index (κ2) is 5.83. The van der Waals surface area contributed by atoms with Crippen molar-refractivity contribution in [2.45, 2.75) is 57.0 Å². The summed E-state index contributed by atoms with van der Waals surface area (Å²) in [5.41, 5.74) is 0.355. The van der Waals surface area contributed by atoms with Gasteiger partial charge in [0.2, 0.25) is 5.88 Å². The molecule has 2 atom stereocenters. The Morgan fingerprint density at radius 3 is 3.10 bits per heavy atom. The second-order valence-electron chi connectivity index (χ2n) is 5.93. The normalized spacial score (nSPS) is 29.0. The first-order valence-corrected chi connectivity index (χ1v) is 7.65. The van der Waals surface area contributed by atoms with Crippen LogP contribution in [0.2, 0.25) is 0 Å². The molecule has 116 valence electrons. The van der Waals surface area contributed by atoms with Crippen molar-refractivity contribution >= 4 is 0 Å². The van der Waals surface area contributed by atoms with Gasteiger partial charge < -0.3 is 4.74 Å². The number of aromatic nitrogens is 2. The smallest absolute Gasteiger partial charge is 0.297 e. The van der Waals surface area contributed by atoms with Gasteiger partial charge >= 0.3 is 0 Å². The van der Waals surface area contributed by atoms with Crippen molar-refractivity contribution in [2.24, 2.45) is 0 Å². The number of alkyl halides is 2. The highest BCUT2D eigenvalue weighted by molar-refractivity contribution is 5.10. The first-order valence-electron chi connectivity index (χ1n) is 7.65. The summed E-state index contributed by atoms with van der Waals surface area (Å²) in [4.78, 5) is 9.86. The van der Waals surface area contributed by atoms with Crippen LogP contribution in [0, 0.1) is 0 Å². The molecule has 0 unspecified atom stereocenters. The van der Waals surface area contributed by atoms with E-state index in [-0.39, 0.29) is 5.88 Å². The van der Waals surface area contributed by atoms with Gasteiger partial charge in [-0.1, -0.05) is 6.92 Å². The number of ether oxygens (including phenoxy) is 1. The Bertz CT molecular complexity index is 500. The zero-order valence-corrected chi connectivity index (χ0v) is 12.3. The molecule has 21 heavy (non-hydrogen) atoms. The highest BCUT2D eigenvalue weighted by atomic mass is 19.3. The van der Waals surface area contributed by atoms with Crippen LogP contribution < -0.4 is 4.74 Å². The predicted molar refractivity (Wildman–Crippen MR) is 74.5 cm³/mol. The molecule has 2 saturated heterocycles. The SMILES string of the molecule is CC[C@@]12CCCN1[C@H](COc1ccnc(C(F)F)n1)CC2.